The van der Waals surface area contributed by atoms with Gasteiger partial charge in [-0.05, 0) is 74.5 Å². The number of hydrogen-bond donors (Lipinski definition) is 1. The molecule has 4 saturated carbocycles. The zero-order chi connectivity index (χ0) is 16.7. The van der Waals surface area contributed by atoms with Crippen molar-refractivity contribution in [1.82, 2.24) is 0 Å². The molecule has 6 fully saturated rings. The van der Waals surface area contributed by atoms with E-state index in [1.807, 2.05) is 0 Å². The predicted molar refractivity (Wildman–Crippen MR) is 91.6 cm³/mol. The lowest BCUT2D eigenvalue weighted by Crippen LogP contribution is -2.54. The Morgan fingerprint density at radius 1 is 0.680 bits per heavy atom. The summed E-state index contributed by atoms with van der Waals surface area (Å²) in [7, 11) is 0. The Morgan fingerprint density at radius 3 is 2.40 bits per heavy atom. The van der Waals surface area contributed by atoms with Crippen LogP contribution in [0.3, 0.4) is 0 Å². The molecule has 0 amide bonds. The first kappa shape index (κ1) is 15.9. The lowest BCUT2D eigenvalue weighted by Gasteiger charge is -2.57. The third kappa shape index (κ3) is 1.98. The Balaban J connectivity index is 1.25. The van der Waals surface area contributed by atoms with E-state index in [1.165, 1.54) is 38.5 Å². The number of aliphatic hydroxyl groups is 1. The predicted octanol–water partition coefficient (Wildman–Crippen LogP) is 3.47. The van der Waals surface area contributed by atoms with Crippen molar-refractivity contribution in [2.75, 3.05) is 19.8 Å². The highest BCUT2D eigenvalue weighted by atomic mass is 16.7. The molecule has 1 N–H and O–H groups in total. The van der Waals surface area contributed by atoms with Gasteiger partial charge in [0.1, 0.15) is 0 Å². The molecule has 4 heteroatoms. The minimum absolute atomic E-state index is 0.0918. The van der Waals surface area contributed by atoms with E-state index in [2.05, 4.69) is 0 Å². The maximum atomic E-state index is 11.1. The molecule has 2 aliphatic heterocycles. The Kier molecular flexibility index (Phi) is 3.31. The number of rotatable bonds is 0. The SMILES string of the molecule is O[C@]12CCC3C4CCC5CC6(CCC5C4CC[C@@]31CCO2)OCCO6. The zero-order valence-corrected chi connectivity index (χ0v) is 15.3. The fourth-order valence-electron chi connectivity index (χ4n) is 8.50. The van der Waals surface area contributed by atoms with E-state index in [9.17, 15) is 5.11 Å². The summed E-state index contributed by atoms with van der Waals surface area (Å²) in [6.45, 7) is 2.34. The minimum atomic E-state index is -0.790. The molecule has 0 aromatic carbocycles. The van der Waals surface area contributed by atoms with Crippen LogP contribution >= 0.6 is 0 Å². The van der Waals surface area contributed by atoms with Gasteiger partial charge in [-0.15, -0.1) is 0 Å². The Bertz CT molecular complexity index is 558. The molecule has 2 heterocycles. The van der Waals surface area contributed by atoms with Gasteiger partial charge in [-0.1, -0.05) is 0 Å². The molecule has 7 atom stereocenters. The monoisotopic (exact) mass is 348 g/mol. The van der Waals surface area contributed by atoms with Crippen molar-refractivity contribution in [3.63, 3.8) is 0 Å². The average Bonchev–Trinajstić information content (AvgIpc) is 3.26. The molecule has 6 rings (SSSR count). The van der Waals surface area contributed by atoms with Crippen LogP contribution in [-0.2, 0) is 14.2 Å². The molecule has 0 aromatic heterocycles. The van der Waals surface area contributed by atoms with Crippen LogP contribution in [0.1, 0.15) is 64.2 Å². The second kappa shape index (κ2) is 5.21. The Morgan fingerprint density at radius 2 is 1.52 bits per heavy atom. The molecule has 6 aliphatic rings. The van der Waals surface area contributed by atoms with Crippen LogP contribution in [-0.4, -0.2) is 36.5 Å². The van der Waals surface area contributed by atoms with Gasteiger partial charge in [0.15, 0.2) is 11.6 Å². The molecule has 4 aliphatic carbocycles. The quantitative estimate of drug-likeness (QED) is 0.728. The molecule has 0 radical (unpaired) electrons. The van der Waals surface area contributed by atoms with E-state index in [1.54, 1.807) is 0 Å². The molecule has 25 heavy (non-hydrogen) atoms. The highest BCUT2D eigenvalue weighted by Crippen LogP contribution is 2.69. The second-order valence-corrected chi connectivity index (χ2v) is 9.90. The van der Waals surface area contributed by atoms with E-state index in [4.69, 9.17) is 14.2 Å². The van der Waals surface area contributed by atoms with E-state index >= 15 is 0 Å². The summed E-state index contributed by atoms with van der Waals surface area (Å²) < 4.78 is 18.0. The summed E-state index contributed by atoms with van der Waals surface area (Å²) in [5.41, 5.74) is 0.0918. The van der Waals surface area contributed by atoms with Crippen molar-refractivity contribution in [1.29, 1.82) is 0 Å². The molecule has 0 bridgehead atoms. The van der Waals surface area contributed by atoms with Gasteiger partial charge in [0.2, 0.25) is 0 Å². The van der Waals surface area contributed by atoms with E-state index in [-0.39, 0.29) is 11.2 Å². The zero-order valence-electron chi connectivity index (χ0n) is 15.3. The highest BCUT2D eigenvalue weighted by Gasteiger charge is 2.68. The molecule has 140 valence electrons. The molecule has 0 aromatic rings. The second-order valence-electron chi connectivity index (χ2n) is 9.90. The normalized spacial score (nSPS) is 56.3. The van der Waals surface area contributed by atoms with Crippen molar-refractivity contribution < 1.29 is 19.3 Å². The van der Waals surface area contributed by atoms with Crippen LogP contribution in [0.2, 0.25) is 0 Å². The third-order valence-electron chi connectivity index (χ3n) is 9.43. The van der Waals surface area contributed by atoms with Crippen LogP contribution in [0.4, 0.5) is 0 Å². The van der Waals surface area contributed by atoms with Crippen LogP contribution in [0, 0.1) is 35.0 Å². The average molecular weight is 348 g/mol. The molecule has 4 nitrogen and oxygen atoms in total. The lowest BCUT2D eigenvalue weighted by molar-refractivity contribution is -0.239. The first-order valence-electron chi connectivity index (χ1n) is 10.8. The fraction of sp³-hybridized carbons (Fsp3) is 1.00. The first-order chi connectivity index (χ1) is 12.1. The van der Waals surface area contributed by atoms with Crippen LogP contribution in [0.25, 0.3) is 0 Å². The lowest BCUT2D eigenvalue weighted by atomic mass is 9.49. The van der Waals surface area contributed by atoms with E-state index in [0.29, 0.717) is 5.92 Å². The summed E-state index contributed by atoms with van der Waals surface area (Å²) in [4.78, 5) is 0. The van der Waals surface area contributed by atoms with Gasteiger partial charge in [-0.3, -0.25) is 0 Å². The third-order valence-corrected chi connectivity index (χ3v) is 9.43. The van der Waals surface area contributed by atoms with Gasteiger partial charge in [-0.2, -0.15) is 0 Å². The van der Waals surface area contributed by atoms with Crippen LogP contribution in [0.5, 0.6) is 0 Å². The fourth-order valence-corrected chi connectivity index (χ4v) is 8.50. The van der Waals surface area contributed by atoms with Crippen molar-refractivity contribution in [2.45, 2.75) is 75.8 Å². The van der Waals surface area contributed by atoms with Gasteiger partial charge in [0, 0.05) is 24.7 Å². The van der Waals surface area contributed by atoms with Gasteiger partial charge < -0.3 is 19.3 Å². The van der Waals surface area contributed by atoms with Crippen molar-refractivity contribution in [3.05, 3.63) is 0 Å². The topological polar surface area (TPSA) is 47.9 Å². The van der Waals surface area contributed by atoms with Gasteiger partial charge >= 0.3 is 0 Å². The Labute approximate surface area is 150 Å². The summed E-state index contributed by atoms with van der Waals surface area (Å²) >= 11 is 0. The minimum Gasteiger partial charge on any atom is -0.365 e. The first-order valence-corrected chi connectivity index (χ1v) is 10.8. The van der Waals surface area contributed by atoms with Gasteiger partial charge in [-0.25, -0.2) is 0 Å². The molecular weight excluding hydrogens is 316 g/mol. The maximum absolute atomic E-state index is 11.1. The van der Waals surface area contributed by atoms with Gasteiger partial charge in [0.25, 0.3) is 0 Å². The largest absolute Gasteiger partial charge is 0.365 e. The number of fused-ring (bicyclic) bond motifs is 4. The molecule has 2 saturated heterocycles. The summed E-state index contributed by atoms with van der Waals surface area (Å²) in [5.74, 6) is 3.04. The van der Waals surface area contributed by atoms with Crippen molar-refractivity contribution >= 4 is 0 Å². The number of ether oxygens (including phenoxy) is 3. The molecule has 2 spiro atoms. The highest BCUT2D eigenvalue weighted by molar-refractivity contribution is 5.13. The summed E-state index contributed by atoms with van der Waals surface area (Å²) in [5, 5.41) is 11.1. The van der Waals surface area contributed by atoms with Crippen molar-refractivity contribution in [2.24, 2.45) is 35.0 Å². The van der Waals surface area contributed by atoms with Crippen LogP contribution in [0.15, 0.2) is 0 Å². The van der Waals surface area contributed by atoms with Crippen LogP contribution < -0.4 is 0 Å². The van der Waals surface area contributed by atoms with Crippen molar-refractivity contribution in [3.8, 4) is 0 Å². The molecular formula is C21H32O4. The van der Waals surface area contributed by atoms with Gasteiger partial charge in [0.05, 0.1) is 19.8 Å². The molecule has 5 unspecified atom stereocenters. The smallest absolute Gasteiger partial charge is 0.171 e. The maximum Gasteiger partial charge on any atom is 0.171 e. The Hall–Kier alpha value is -0.160. The van der Waals surface area contributed by atoms with E-state index < -0.39 is 5.79 Å². The number of hydrogen-bond acceptors (Lipinski definition) is 4. The standard InChI is InChI=1S/C21H32O4/c22-21-8-5-18-17-2-1-14-13-20(23-11-12-24-20)7-4-15(14)16(17)3-6-19(18,21)9-10-25-21/h14-18,22H,1-13H2/t14?,15?,16?,17?,18?,19-,21+/m1/s1. The summed E-state index contributed by atoms with van der Waals surface area (Å²) in [6.07, 6.45) is 11.9. The van der Waals surface area contributed by atoms with E-state index in [0.717, 1.165) is 69.2 Å². The summed E-state index contributed by atoms with van der Waals surface area (Å²) in [6, 6.07) is 0.